The van der Waals surface area contributed by atoms with Gasteiger partial charge in [-0.3, -0.25) is 9.59 Å². The number of carbonyl (C=O) groups is 2. The standard InChI is InChI=1S/C21H24N2O4/c1-14-4-6-15(7-5-14)12-23-13-16(10-20(23)24)21(25)22-18-11-17(26-2)8-9-19(18)27-3/h4-9,11,16H,10,12-13H2,1-3H3,(H,22,25). The van der Waals surface area contributed by atoms with Crippen LogP contribution in [0.1, 0.15) is 17.5 Å². The molecule has 0 aromatic heterocycles. The van der Waals surface area contributed by atoms with E-state index in [4.69, 9.17) is 9.47 Å². The summed E-state index contributed by atoms with van der Waals surface area (Å²) in [6.45, 7) is 2.95. The molecule has 0 spiro atoms. The molecule has 2 aromatic carbocycles. The van der Waals surface area contributed by atoms with Gasteiger partial charge in [-0.2, -0.15) is 0 Å². The number of nitrogens with one attached hydrogen (secondary N) is 1. The first-order valence-corrected chi connectivity index (χ1v) is 8.86. The minimum absolute atomic E-state index is 0.00617. The molecule has 0 bridgehead atoms. The van der Waals surface area contributed by atoms with Crippen LogP contribution in [0.3, 0.4) is 0 Å². The van der Waals surface area contributed by atoms with Crippen LogP contribution in [0.5, 0.6) is 11.5 Å². The van der Waals surface area contributed by atoms with Crippen LogP contribution < -0.4 is 14.8 Å². The molecule has 27 heavy (non-hydrogen) atoms. The molecule has 1 aliphatic heterocycles. The van der Waals surface area contributed by atoms with Gasteiger partial charge in [0, 0.05) is 25.6 Å². The van der Waals surface area contributed by atoms with Gasteiger partial charge < -0.3 is 19.7 Å². The highest BCUT2D eigenvalue weighted by Gasteiger charge is 2.34. The van der Waals surface area contributed by atoms with Crippen molar-refractivity contribution < 1.29 is 19.1 Å². The molecule has 1 heterocycles. The van der Waals surface area contributed by atoms with Crippen LogP contribution in [0.2, 0.25) is 0 Å². The van der Waals surface area contributed by atoms with E-state index in [9.17, 15) is 9.59 Å². The fourth-order valence-electron chi connectivity index (χ4n) is 3.16. The van der Waals surface area contributed by atoms with Crippen molar-refractivity contribution in [3.8, 4) is 11.5 Å². The first-order chi connectivity index (χ1) is 13.0. The first-order valence-electron chi connectivity index (χ1n) is 8.86. The highest BCUT2D eigenvalue weighted by atomic mass is 16.5. The fraction of sp³-hybridized carbons (Fsp3) is 0.333. The minimum atomic E-state index is -0.390. The number of hydrogen-bond acceptors (Lipinski definition) is 4. The number of rotatable bonds is 6. The van der Waals surface area contributed by atoms with Gasteiger partial charge in [-0.25, -0.2) is 0 Å². The van der Waals surface area contributed by atoms with Gasteiger partial charge in [0.1, 0.15) is 11.5 Å². The van der Waals surface area contributed by atoms with E-state index >= 15 is 0 Å². The quantitative estimate of drug-likeness (QED) is 0.851. The molecule has 0 saturated carbocycles. The Bertz CT molecular complexity index is 833. The normalized spacial score (nSPS) is 16.3. The fourth-order valence-corrected chi connectivity index (χ4v) is 3.16. The van der Waals surface area contributed by atoms with Crippen molar-refractivity contribution in [2.75, 3.05) is 26.1 Å². The van der Waals surface area contributed by atoms with E-state index < -0.39 is 0 Å². The Hall–Kier alpha value is -3.02. The van der Waals surface area contributed by atoms with Gasteiger partial charge in [-0.1, -0.05) is 29.8 Å². The monoisotopic (exact) mass is 368 g/mol. The maximum atomic E-state index is 12.7. The summed E-state index contributed by atoms with van der Waals surface area (Å²) in [5.74, 6) is 0.577. The highest BCUT2D eigenvalue weighted by Crippen LogP contribution is 2.30. The lowest BCUT2D eigenvalue weighted by atomic mass is 10.1. The molecule has 0 radical (unpaired) electrons. The Morgan fingerprint density at radius 1 is 1.15 bits per heavy atom. The van der Waals surface area contributed by atoms with Crippen LogP contribution in [0.15, 0.2) is 42.5 Å². The molecule has 0 aliphatic carbocycles. The van der Waals surface area contributed by atoms with Crippen molar-refractivity contribution in [3.63, 3.8) is 0 Å². The van der Waals surface area contributed by atoms with Crippen molar-refractivity contribution >= 4 is 17.5 Å². The molecule has 3 rings (SSSR count). The average molecular weight is 368 g/mol. The largest absolute Gasteiger partial charge is 0.497 e. The van der Waals surface area contributed by atoms with Crippen LogP contribution in [0.4, 0.5) is 5.69 Å². The Morgan fingerprint density at radius 3 is 2.56 bits per heavy atom. The highest BCUT2D eigenvalue weighted by molar-refractivity contribution is 5.98. The Balaban J connectivity index is 1.66. The van der Waals surface area contributed by atoms with E-state index in [1.807, 2.05) is 31.2 Å². The molecule has 142 valence electrons. The lowest BCUT2D eigenvalue weighted by Crippen LogP contribution is -2.28. The summed E-state index contributed by atoms with van der Waals surface area (Å²) in [4.78, 5) is 26.8. The number of aryl methyl sites for hydroxylation is 1. The van der Waals surface area contributed by atoms with Crippen LogP contribution >= 0.6 is 0 Å². The van der Waals surface area contributed by atoms with Crippen LogP contribution in [0, 0.1) is 12.8 Å². The van der Waals surface area contributed by atoms with Crippen molar-refractivity contribution in [3.05, 3.63) is 53.6 Å². The van der Waals surface area contributed by atoms with Crippen molar-refractivity contribution in [1.82, 2.24) is 4.90 Å². The molecule has 1 fully saturated rings. The number of methoxy groups -OCH3 is 2. The molecule has 1 atom stereocenters. The van der Waals surface area contributed by atoms with E-state index in [1.165, 1.54) is 5.56 Å². The zero-order valence-corrected chi connectivity index (χ0v) is 15.8. The van der Waals surface area contributed by atoms with Gasteiger partial charge >= 0.3 is 0 Å². The smallest absolute Gasteiger partial charge is 0.229 e. The van der Waals surface area contributed by atoms with E-state index in [2.05, 4.69) is 5.32 Å². The summed E-state index contributed by atoms with van der Waals surface area (Å²) in [6.07, 6.45) is 0.212. The van der Waals surface area contributed by atoms with Gasteiger partial charge in [0.05, 0.1) is 25.8 Å². The summed E-state index contributed by atoms with van der Waals surface area (Å²) in [5, 5.41) is 2.87. The molecule has 1 aliphatic rings. The second-order valence-corrected chi connectivity index (χ2v) is 6.72. The minimum Gasteiger partial charge on any atom is -0.497 e. The van der Waals surface area contributed by atoms with E-state index in [0.29, 0.717) is 30.3 Å². The number of benzene rings is 2. The summed E-state index contributed by atoms with van der Waals surface area (Å²) >= 11 is 0. The third-order valence-electron chi connectivity index (χ3n) is 4.74. The van der Waals surface area contributed by atoms with E-state index in [1.54, 1.807) is 37.3 Å². The number of likely N-dealkylation sites (tertiary alicyclic amines) is 1. The third kappa shape index (κ3) is 4.39. The summed E-state index contributed by atoms with van der Waals surface area (Å²) in [5.41, 5.74) is 2.77. The molecule has 2 amide bonds. The molecular formula is C21H24N2O4. The second-order valence-electron chi connectivity index (χ2n) is 6.72. The number of amides is 2. The number of hydrogen-bond donors (Lipinski definition) is 1. The zero-order valence-electron chi connectivity index (χ0n) is 15.8. The predicted molar refractivity (Wildman–Crippen MR) is 103 cm³/mol. The summed E-state index contributed by atoms with van der Waals surface area (Å²) in [6, 6.07) is 13.3. The molecular weight excluding hydrogens is 344 g/mol. The van der Waals surface area contributed by atoms with Crippen molar-refractivity contribution in [2.45, 2.75) is 19.9 Å². The Labute approximate surface area is 159 Å². The van der Waals surface area contributed by atoms with Crippen LogP contribution in [-0.4, -0.2) is 37.5 Å². The predicted octanol–water partition coefficient (Wildman–Crippen LogP) is 3.00. The van der Waals surface area contributed by atoms with Gasteiger partial charge in [-0.05, 0) is 24.6 Å². The number of nitrogens with zero attached hydrogens (tertiary/aromatic N) is 1. The molecule has 6 nitrogen and oxygen atoms in total. The van der Waals surface area contributed by atoms with Crippen molar-refractivity contribution in [1.29, 1.82) is 0 Å². The third-order valence-corrected chi connectivity index (χ3v) is 4.74. The number of ether oxygens (including phenoxy) is 2. The molecule has 1 saturated heterocycles. The molecule has 1 unspecified atom stereocenters. The number of carbonyl (C=O) groups excluding carboxylic acids is 2. The summed E-state index contributed by atoms with van der Waals surface area (Å²) in [7, 11) is 3.10. The lowest BCUT2D eigenvalue weighted by Gasteiger charge is -2.17. The average Bonchev–Trinajstić information content (AvgIpc) is 3.04. The second kappa shape index (κ2) is 8.12. The topological polar surface area (TPSA) is 67.9 Å². The van der Waals surface area contributed by atoms with E-state index in [0.717, 1.165) is 5.56 Å². The molecule has 6 heteroatoms. The van der Waals surface area contributed by atoms with E-state index in [-0.39, 0.29) is 24.2 Å². The zero-order chi connectivity index (χ0) is 19.4. The van der Waals surface area contributed by atoms with Crippen LogP contribution in [0.25, 0.3) is 0 Å². The summed E-state index contributed by atoms with van der Waals surface area (Å²) < 4.78 is 10.5. The Morgan fingerprint density at radius 2 is 1.89 bits per heavy atom. The SMILES string of the molecule is COc1ccc(OC)c(NC(=O)C2CC(=O)N(Cc3ccc(C)cc3)C2)c1. The van der Waals surface area contributed by atoms with Crippen LogP contribution in [-0.2, 0) is 16.1 Å². The lowest BCUT2D eigenvalue weighted by molar-refractivity contribution is -0.128. The van der Waals surface area contributed by atoms with Gasteiger partial charge in [0.2, 0.25) is 11.8 Å². The molecule has 1 N–H and O–H groups in total. The van der Waals surface area contributed by atoms with Gasteiger partial charge in [-0.15, -0.1) is 0 Å². The van der Waals surface area contributed by atoms with Crippen molar-refractivity contribution in [2.24, 2.45) is 5.92 Å². The number of anilines is 1. The maximum absolute atomic E-state index is 12.7. The Kier molecular flexibility index (Phi) is 5.64. The maximum Gasteiger partial charge on any atom is 0.229 e. The molecule has 2 aromatic rings. The first kappa shape index (κ1) is 18.8. The van der Waals surface area contributed by atoms with Gasteiger partial charge in [0.25, 0.3) is 0 Å². The van der Waals surface area contributed by atoms with Gasteiger partial charge in [0.15, 0.2) is 0 Å².